The number of halogens is 1. The van der Waals surface area contributed by atoms with Crippen molar-refractivity contribution in [2.24, 2.45) is 5.41 Å². The van der Waals surface area contributed by atoms with Crippen molar-refractivity contribution in [2.75, 3.05) is 24.5 Å². The van der Waals surface area contributed by atoms with Crippen LogP contribution in [-0.4, -0.2) is 25.2 Å². The molecule has 1 saturated heterocycles. The molecule has 0 unspecified atom stereocenters. The molecule has 1 heterocycles. The van der Waals surface area contributed by atoms with Gasteiger partial charge in [-0.15, -0.1) is 0 Å². The summed E-state index contributed by atoms with van der Waals surface area (Å²) in [6.45, 7) is 8.07. The van der Waals surface area contributed by atoms with Crippen LogP contribution in [0.3, 0.4) is 0 Å². The summed E-state index contributed by atoms with van der Waals surface area (Å²) in [6, 6.07) is 8.59. The summed E-state index contributed by atoms with van der Waals surface area (Å²) >= 11 is 3.70. The maximum atomic E-state index is 3.70. The zero-order valence-electron chi connectivity index (χ0n) is 11.2. The van der Waals surface area contributed by atoms with Crippen molar-refractivity contribution in [3.05, 3.63) is 28.7 Å². The molecule has 1 saturated carbocycles. The molecule has 0 radical (unpaired) electrons. The van der Waals surface area contributed by atoms with E-state index in [1.807, 2.05) is 0 Å². The molecule has 3 heteroatoms. The van der Waals surface area contributed by atoms with Crippen LogP contribution in [-0.2, 0) is 0 Å². The van der Waals surface area contributed by atoms with E-state index < -0.39 is 0 Å². The van der Waals surface area contributed by atoms with Gasteiger partial charge in [0.2, 0.25) is 0 Å². The first-order valence-electron chi connectivity index (χ1n) is 6.75. The van der Waals surface area contributed by atoms with E-state index in [2.05, 4.69) is 64.3 Å². The van der Waals surface area contributed by atoms with Gasteiger partial charge in [0.25, 0.3) is 0 Å². The summed E-state index contributed by atoms with van der Waals surface area (Å²) in [7, 11) is 0. The second kappa shape index (κ2) is 4.24. The molecule has 18 heavy (non-hydrogen) atoms. The highest BCUT2D eigenvalue weighted by atomic mass is 79.9. The van der Waals surface area contributed by atoms with Crippen LogP contribution in [0.5, 0.6) is 0 Å². The van der Waals surface area contributed by atoms with E-state index in [1.165, 1.54) is 36.1 Å². The van der Waals surface area contributed by atoms with Crippen molar-refractivity contribution < 1.29 is 0 Å². The van der Waals surface area contributed by atoms with Gasteiger partial charge in [-0.05, 0) is 54.8 Å². The van der Waals surface area contributed by atoms with Crippen molar-refractivity contribution in [1.82, 2.24) is 5.32 Å². The highest BCUT2D eigenvalue weighted by molar-refractivity contribution is 9.10. The zero-order chi connectivity index (χ0) is 12.8. The molecule has 2 fully saturated rings. The van der Waals surface area contributed by atoms with Crippen LogP contribution in [0.2, 0.25) is 0 Å². The van der Waals surface area contributed by atoms with Gasteiger partial charge < -0.3 is 10.2 Å². The van der Waals surface area contributed by atoms with E-state index in [0.29, 0.717) is 5.41 Å². The first kappa shape index (κ1) is 12.5. The fourth-order valence-corrected chi connectivity index (χ4v) is 3.43. The normalized spacial score (nSPS) is 24.9. The number of benzene rings is 1. The van der Waals surface area contributed by atoms with Crippen LogP contribution >= 0.6 is 15.9 Å². The number of nitrogens with zero attached hydrogens (tertiary/aromatic N) is 1. The van der Waals surface area contributed by atoms with E-state index in [0.717, 1.165) is 6.54 Å². The molecule has 1 N–H and O–H groups in total. The Morgan fingerprint density at radius 1 is 1.17 bits per heavy atom. The summed E-state index contributed by atoms with van der Waals surface area (Å²) in [4.78, 5) is 2.59. The Balaban J connectivity index is 1.98. The van der Waals surface area contributed by atoms with Crippen molar-refractivity contribution in [3.63, 3.8) is 0 Å². The molecule has 2 aliphatic rings. The molecule has 0 atom stereocenters. The predicted molar refractivity (Wildman–Crippen MR) is 80.1 cm³/mol. The molecule has 1 aromatic rings. The Bertz CT molecular complexity index is 452. The smallest absolute Gasteiger partial charge is 0.0515 e. The Labute approximate surface area is 118 Å². The minimum atomic E-state index is 0.163. The lowest BCUT2D eigenvalue weighted by Crippen LogP contribution is -2.49. The highest BCUT2D eigenvalue weighted by Crippen LogP contribution is 2.49. The van der Waals surface area contributed by atoms with Crippen molar-refractivity contribution in [3.8, 4) is 0 Å². The largest absolute Gasteiger partial charge is 0.364 e. The van der Waals surface area contributed by atoms with Gasteiger partial charge in [0.15, 0.2) is 0 Å². The molecule has 1 spiro atoms. The Kier molecular flexibility index (Phi) is 2.94. The Morgan fingerprint density at radius 3 is 2.56 bits per heavy atom. The predicted octanol–water partition coefficient (Wildman–Crippen LogP) is 3.42. The molecule has 1 aliphatic carbocycles. The lowest BCUT2D eigenvalue weighted by Gasteiger charge is -2.40. The van der Waals surface area contributed by atoms with Crippen molar-refractivity contribution in [1.29, 1.82) is 0 Å². The molecule has 98 valence electrons. The lowest BCUT2D eigenvalue weighted by atomic mass is 10.00. The molecule has 1 aliphatic heterocycles. The number of anilines is 1. The third kappa shape index (κ3) is 2.19. The number of hydrogen-bond donors (Lipinski definition) is 1. The average Bonchev–Trinajstić information content (AvgIpc) is 3.08. The average molecular weight is 309 g/mol. The fraction of sp³-hybridized carbons (Fsp3) is 0.600. The lowest BCUT2D eigenvalue weighted by molar-refractivity contribution is 0.455. The maximum Gasteiger partial charge on any atom is 0.0515 e. The third-order valence-electron chi connectivity index (χ3n) is 4.38. The monoisotopic (exact) mass is 308 g/mol. The second-order valence-electron chi connectivity index (χ2n) is 6.45. The van der Waals surface area contributed by atoms with Gasteiger partial charge >= 0.3 is 0 Å². The van der Waals surface area contributed by atoms with Crippen LogP contribution in [0.15, 0.2) is 28.7 Å². The zero-order valence-corrected chi connectivity index (χ0v) is 12.8. The van der Waals surface area contributed by atoms with Crippen molar-refractivity contribution in [2.45, 2.75) is 32.2 Å². The first-order valence-corrected chi connectivity index (χ1v) is 7.55. The minimum Gasteiger partial charge on any atom is -0.364 e. The standard InChI is InChI=1S/C15H21BrN2/c1-14(2)9-17-10-15(7-8-15)11-18(14)13-6-4-3-5-12(13)16/h3-6,17H,7-11H2,1-2H3. The van der Waals surface area contributed by atoms with Gasteiger partial charge in [0, 0.05) is 35.1 Å². The molecule has 0 aromatic heterocycles. The van der Waals surface area contributed by atoms with Gasteiger partial charge in [-0.1, -0.05) is 12.1 Å². The number of para-hydroxylation sites is 1. The van der Waals surface area contributed by atoms with Crippen LogP contribution < -0.4 is 10.2 Å². The first-order chi connectivity index (χ1) is 8.53. The Hall–Kier alpha value is -0.540. The van der Waals surface area contributed by atoms with Crippen LogP contribution in [0, 0.1) is 5.41 Å². The van der Waals surface area contributed by atoms with E-state index in [-0.39, 0.29) is 5.54 Å². The van der Waals surface area contributed by atoms with Crippen LogP contribution in [0.4, 0.5) is 5.69 Å². The number of rotatable bonds is 1. The van der Waals surface area contributed by atoms with E-state index >= 15 is 0 Å². The molecule has 2 nitrogen and oxygen atoms in total. The summed E-state index contributed by atoms with van der Waals surface area (Å²) in [5, 5.41) is 3.65. The summed E-state index contributed by atoms with van der Waals surface area (Å²) < 4.78 is 1.20. The summed E-state index contributed by atoms with van der Waals surface area (Å²) in [5.41, 5.74) is 2.02. The maximum absolute atomic E-state index is 3.70. The number of nitrogens with one attached hydrogen (secondary N) is 1. The van der Waals surface area contributed by atoms with Gasteiger partial charge in [-0.25, -0.2) is 0 Å². The van der Waals surface area contributed by atoms with E-state index in [4.69, 9.17) is 0 Å². The summed E-state index contributed by atoms with van der Waals surface area (Å²) in [6.07, 6.45) is 2.74. The number of hydrogen-bond acceptors (Lipinski definition) is 2. The molecule has 3 rings (SSSR count). The topological polar surface area (TPSA) is 15.3 Å². The molecule has 0 amide bonds. The van der Waals surface area contributed by atoms with E-state index in [9.17, 15) is 0 Å². The quantitative estimate of drug-likeness (QED) is 0.855. The van der Waals surface area contributed by atoms with E-state index in [1.54, 1.807) is 0 Å². The van der Waals surface area contributed by atoms with Crippen molar-refractivity contribution >= 4 is 21.6 Å². The highest BCUT2D eigenvalue weighted by Gasteiger charge is 2.48. The van der Waals surface area contributed by atoms with Crippen LogP contribution in [0.1, 0.15) is 26.7 Å². The van der Waals surface area contributed by atoms with Gasteiger partial charge in [-0.3, -0.25) is 0 Å². The molecular weight excluding hydrogens is 288 g/mol. The van der Waals surface area contributed by atoms with Crippen LogP contribution in [0.25, 0.3) is 0 Å². The Morgan fingerprint density at radius 2 is 1.89 bits per heavy atom. The van der Waals surface area contributed by atoms with Gasteiger partial charge in [0.05, 0.1) is 5.69 Å². The SMILES string of the molecule is CC1(C)CNCC2(CC2)CN1c1ccccc1Br. The summed E-state index contributed by atoms with van der Waals surface area (Å²) in [5.74, 6) is 0. The van der Waals surface area contributed by atoms with Gasteiger partial charge in [0.1, 0.15) is 0 Å². The molecular formula is C15H21BrN2. The minimum absolute atomic E-state index is 0.163. The molecule has 0 bridgehead atoms. The fourth-order valence-electron chi connectivity index (χ4n) is 2.93. The second-order valence-corrected chi connectivity index (χ2v) is 7.31. The third-order valence-corrected chi connectivity index (χ3v) is 5.05. The molecule has 1 aromatic carbocycles. The van der Waals surface area contributed by atoms with Gasteiger partial charge in [-0.2, -0.15) is 0 Å².